The molecule has 3 rings (SSSR count). The van der Waals surface area contributed by atoms with Crippen LogP contribution in [0.15, 0.2) is 24.3 Å². The summed E-state index contributed by atoms with van der Waals surface area (Å²) in [6, 6.07) is 9.10. The molecule has 0 spiro atoms. The standard InChI is InChI=1S/C15H21NO/c1-17-15(6-7-15)10-12-3-2-4-13(9-12)14-5-8-16-11-14/h2-4,9,14,16H,5-8,10-11H2,1H3. The van der Waals surface area contributed by atoms with Gasteiger partial charge in [0.1, 0.15) is 0 Å². The van der Waals surface area contributed by atoms with E-state index in [0.717, 1.165) is 19.5 Å². The third-order valence-electron chi connectivity index (χ3n) is 4.25. The van der Waals surface area contributed by atoms with Crippen molar-refractivity contribution in [2.24, 2.45) is 0 Å². The lowest BCUT2D eigenvalue weighted by atomic mass is 9.95. The molecule has 0 aromatic heterocycles. The summed E-state index contributed by atoms with van der Waals surface area (Å²) in [7, 11) is 1.84. The smallest absolute Gasteiger partial charge is 0.0721 e. The van der Waals surface area contributed by atoms with Crippen molar-refractivity contribution in [3.8, 4) is 0 Å². The minimum Gasteiger partial charge on any atom is -0.378 e. The number of ether oxygens (including phenoxy) is 1. The van der Waals surface area contributed by atoms with E-state index in [1.54, 1.807) is 0 Å². The molecule has 2 nitrogen and oxygen atoms in total. The van der Waals surface area contributed by atoms with Gasteiger partial charge in [-0.25, -0.2) is 0 Å². The summed E-state index contributed by atoms with van der Waals surface area (Å²) < 4.78 is 5.61. The van der Waals surface area contributed by atoms with Crippen LogP contribution in [0.3, 0.4) is 0 Å². The molecule has 2 fully saturated rings. The van der Waals surface area contributed by atoms with Crippen LogP contribution in [0.2, 0.25) is 0 Å². The van der Waals surface area contributed by atoms with Gasteiger partial charge in [-0.05, 0) is 42.9 Å². The van der Waals surface area contributed by atoms with Crippen LogP contribution >= 0.6 is 0 Å². The molecule has 1 unspecified atom stereocenters. The predicted molar refractivity (Wildman–Crippen MR) is 69.3 cm³/mol. The number of methoxy groups -OCH3 is 1. The molecule has 1 saturated carbocycles. The zero-order valence-corrected chi connectivity index (χ0v) is 10.5. The van der Waals surface area contributed by atoms with Gasteiger partial charge in [-0.15, -0.1) is 0 Å². The minimum atomic E-state index is 0.173. The van der Waals surface area contributed by atoms with Gasteiger partial charge in [-0.2, -0.15) is 0 Å². The van der Waals surface area contributed by atoms with Crippen molar-refractivity contribution in [2.75, 3.05) is 20.2 Å². The monoisotopic (exact) mass is 231 g/mol. The second kappa shape index (κ2) is 4.43. The van der Waals surface area contributed by atoms with Crippen LogP contribution in [0.25, 0.3) is 0 Å². The average Bonchev–Trinajstić information content (AvgIpc) is 2.93. The van der Waals surface area contributed by atoms with E-state index in [-0.39, 0.29) is 5.60 Å². The Bertz CT molecular complexity index is 392. The molecular formula is C15H21NO. The maximum Gasteiger partial charge on any atom is 0.0721 e. The summed E-state index contributed by atoms with van der Waals surface area (Å²) in [4.78, 5) is 0. The van der Waals surface area contributed by atoms with Gasteiger partial charge >= 0.3 is 0 Å². The number of hydrogen-bond donors (Lipinski definition) is 1. The molecular weight excluding hydrogens is 210 g/mol. The Labute approximate surface area is 103 Å². The Morgan fingerprint density at radius 1 is 1.41 bits per heavy atom. The molecule has 1 aliphatic heterocycles. The van der Waals surface area contributed by atoms with Crippen molar-refractivity contribution in [2.45, 2.75) is 37.2 Å². The zero-order chi connectivity index (χ0) is 11.7. The van der Waals surface area contributed by atoms with Crippen LogP contribution in [0.1, 0.15) is 36.3 Å². The highest BCUT2D eigenvalue weighted by Gasteiger charge is 2.42. The van der Waals surface area contributed by atoms with E-state index in [2.05, 4.69) is 29.6 Å². The Morgan fingerprint density at radius 2 is 2.29 bits per heavy atom. The molecule has 0 amide bonds. The highest BCUT2D eigenvalue weighted by Crippen LogP contribution is 2.42. The van der Waals surface area contributed by atoms with Crippen molar-refractivity contribution in [3.63, 3.8) is 0 Å². The summed E-state index contributed by atoms with van der Waals surface area (Å²) in [5.41, 5.74) is 3.11. The van der Waals surface area contributed by atoms with E-state index in [4.69, 9.17) is 4.74 Å². The van der Waals surface area contributed by atoms with Crippen molar-refractivity contribution >= 4 is 0 Å². The first kappa shape index (κ1) is 11.2. The second-order valence-corrected chi connectivity index (χ2v) is 5.50. The van der Waals surface area contributed by atoms with Crippen LogP contribution in [-0.4, -0.2) is 25.8 Å². The average molecular weight is 231 g/mol. The lowest BCUT2D eigenvalue weighted by molar-refractivity contribution is 0.0807. The van der Waals surface area contributed by atoms with Gasteiger partial charge in [0.25, 0.3) is 0 Å². The third-order valence-corrected chi connectivity index (χ3v) is 4.25. The van der Waals surface area contributed by atoms with Crippen LogP contribution < -0.4 is 5.32 Å². The molecule has 1 aromatic rings. The maximum atomic E-state index is 5.61. The maximum absolute atomic E-state index is 5.61. The first-order valence-electron chi connectivity index (χ1n) is 6.66. The van der Waals surface area contributed by atoms with Gasteiger partial charge in [-0.1, -0.05) is 24.3 Å². The van der Waals surface area contributed by atoms with E-state index >= 15 is 0 Å². The molecule has 1 atom stereocenters. The predicted octanol–water partition coefficient (Wildman–Crippen LogP) is 2.49. The molecule has 1 saturated heterocycles. The van der Waals surface area contributed by atoms with E-state index in [1.165, 1.54) is 30.4 Å². The van der Waals surface area contributed by atoms with Gasteiger partial charge in [0.15, 0.2) is 0 Å². The van der Waals surface area contributed by atoms with Crippen LogP contribution in [-0.2, 0) is 11.2 Å². The number of benzene rings is 1. The third kappa shape index (κ3) is 2.38. The van der Waals surface area contributed by atoms with Crippen LogP contribution in [0.4, 0.5) is 0 Å². The first-order chi connectivity index (χ1) is 8.31. The van der Waals surface area contributed by atoms with Crippen LogP contribution in [0.5, 0.6) is 0 Å². The zero-order valence-electron chi connectivity index (χ0n) is 10.5. The van der Waals surface area contributed by atoms with E-state index in [9.17, 15) is 0 Å². The molecule has 1 aliphatic carbocycles. The Balaban J connectivity index is 1.74. The fraction of sp³-hybridized carbons (Fsp3) is 0.600. The summed E-state index contributed by atoms with van der Waals surface area (Å²) in [6.07, 6.45) is 4.80. The lowest BCUT2D eigenvalue weighted by Crippen LogP contribution is -2.15. The topological polar surface area (TPSA) is 21.3 Å². The quantitative estimate of drug-likeness (QED) is 0.859. The van der Waals surface area contributed by atoms with Crippen molar-refractivity contribution in [1.29, 1.82) is 0 Å². The van der Waals surface area contributed by atoms with Crippen molar-refractivity contribution < 1.29 is 4.74 Å². The molecule has 0 radical (unpaired) electrons. The fourth-order valence-electron chi connectivity index (χ4n) is 2.86. The van der Waals surface area contributed by atoms with E-state index in [1.807, 2.05) is 7.11 Å². The molecule has 2 heteroatoms. The summed E-state index contributed by atoms with van der Waals surface area (Å²) >= 11 is 0. The van der Waals surface area contributed by atoms with Gasteiger partial charge in [0, 0.05) is 20.1 Å². The summed E-state index contributed by atoms with van der Waals surface area (Å²) in [5.74, 6) is 0.715. The van der Waals surface area contributed by atoms with Gasteiger partial charge < -0.3 is 10.1 Å². The van der Waals surface area contributed by atoms with Gasteiger partial charge in [-0.3, -0.25) is 0 Å². The Kier molecular flexibility index (Phi) is 2.93. The Hall–Kier alpha value is -0.860. The van der Waals surface area contributed by atoms with E-state index in [0.29, 0.717) is 5.92 Å². The SMILES string of the molecule is COC1(Cc2cccc(C3CCNC3)c2)CC1. The van der Waals surface area contributed by atoms with Gasteiger partial charge in [0.05, 0.1) is 5.60 Å². The molecule has 1 N–H and O–H groups in total. The number of nitrogens with one attached hydrogen (secondary N) is 1. The highest BCUT2D eigenvalue weighted by molar-refractivity contribution is 5.29. The van der Waals surface area contributed by atoms with Crippen molar-refractivity contribution in [3.05, 3.63) is 35.4 Å². The molecule has 1 aromatic carbocycles. The molecule has 92 valence electrons. The Morgan fingerprint density at radius 3 is 2.94 bits per heavy atom. The summed E-state index contributed by atoms with van der Waals surface area (Å²) in [5, 5.41) is 3.44. The number of hydrogen-bond acceptors (Lipinski definition) is 2. The molecule has 1 heterocycles. The highest BCUT2D eigenvalue weighted by atomic mass is 16.5. The second-order valence-electron chi connectivity index (χ2n) is 5.50. The molecule has 17 heavy (non-hydrogen) atoms. The largest absolute Gasteiger partial charge is 0.378 e. The number of rotatable bonds is 4. The molecule has 2 aliphatic rings. The lowest BCUT2D eigenvalue weighted by Gasteiger charge is -2.15. The first-order valence-corrected chi connectivity index (χ1v) is 6.66. The molecule has 0 bridgehead atoms. The van der Waals surface area contributed by atoms with Crippen molar-refractivity contribution in [1.82, 2.24) is 5.32 Å². The van der Waals surface area contributed by atoms with Crippen LogP contribution in [0, 0.1) is 0 Å². The normalized spacial score (nSPS) is 26.1. The summed E-state index contributed by atoms with van der Waals surface area (Å²) in [6.45, 7) is 2.30. The van der Waals surface area contributed by atoms with Gasteiger partial charge in [0.2, 0.25) is 0 Å². The van der Waals surface area contributed by atoms with E-state index < -0.39 is 0 Å². The fourth-order valence-corrected chi connectivity index (χ4v) is 2.86. The minimum absolute atomic E-state index is 0.173.